The average molecular weight is 338 g/mol. The zero-order valence-corrected chi connectivity index (χ0v) is 12.2. The summed E-state index contributed by atoms with van der Waals surface area (Å²) >= 11 is 0. The fraction of sp³-hybridized carbons (Fsp3) is 0.300. The molecule has 0 saturated carbocycles. The monoisotopic (exact) mass is 338 g/mol. The molecule has 0 aromatic carbocycles. The van der Waals surface area contributed by atoms with Crippen LogP contribution in [0, 0.1) is 0 Å². The molecular formula is C10H14N10O4. The van der Waals surface area contributed by atoms with E-state index >= 15 is 0 Å². The fourth-order valence-corrected chi connectivity index (χ4v) is 2.03. The van der Waals surface area contributed by atoms with Crippen LogP contribution in [0.4, 0.5) is 21.4 Å². The third kappa shape index (κ3) is 2.54. The highest BCUT2D eigenvalue weighted by Gasteiger charge is 2.26. The number of hydrazine groups is 2. The molecular weight excluding hydrogens is 324 g/mol. The van der Waals surface area contributed by atoms with Crippen molar-refractivity contribution in [1.82, 2.24) is 19.5 Å². The predicted octanol–water partition coefficient (Wildman–Crippen LogP) is -2.15. The highest BCUT2D eigenvalue weighted by atomic mass is 16.7. The fourth-order valence-electron chi connectivity index (χ4n) is 2.03. The summed E-state index contributed by atoms with van der Waals surface area (Å²) in [6.45, 7) is 0.757. The first kappa shape index (κ1) is 15.8. The summed E-state index contributed by atoms with van der Waals surface area (Å²) in [5.41, 5.74) is 10.5. The summed E-state index contributed by atoms with van der Waals surface area (Å²) in [5.74, 6) is 10.6. The average Bonchev–Trinajstić information content (AvgIpc) is 3.20. The van der Waals surface area contributed by atoms with E-state index in [1.165, 1.54) is 10.9 Å². The highest BCUT2D eigenvalue weighted by Crippen LogP contribution is 2.27. The molecule has 14 heteroatoms. The molecule has 0 aliphatic carbocycles. The molecule has 14 nitrogen and oxygen atoms in total. The predicted molar refractivity (Wildman–Crippen MR) is 78.8 cm³/mol. The number of fused-ring (bicyclic) bond motifs is 1. The van der Waals surface area contributed by atoms with Crippen molar-refractivity contribution in [2.45, 2.75) is 6.41 Å². The Hall–Kier alpha value is -3.07. The Morgan fingerprint density at radius 2 is 1.75 bits per heavy atom. The number of ether oxygens (including phenoxy) is 2. The number of carbonyl (C=O) groups excluding carboxylic acids is 2. The van der Waals surface area contributed by atoms with Crippen molar-refractivity contribution < 1.29 is 19.1 Å². The number of hydrogen-bond acceptors (Lipinski definition) is 9. The van der Waals surface area contributed by atoms with Crippen LogP contribution in [0.15, 0.2) is 6.33 Å². The smallest absolute Gasteiger partial charge is 0.336 e. The Morgan fingerprint density at radius 1 is 1.12 bits per heavy atom. The maximum atomic E-state index is 11.4. The van der Waals surface area contributed by atoms with Crippen LogP contribution in [0.5, 0.6) is 0 Å². The standard InChI is InChI=1S/C10H14N10O4/c11-7(21)19(13)6-4-5(16-9(17-6)20(14)8(12)22)18(3-15-4)10-23-1-2-24-10/h3,10H,1-2,13-14H2,(H2,11,21)(H2,12,22). The third-order valence-corrected chi connectivity index (χ3v) is 3.14. The number of primary amides is 2. The largest absolute Gasteiger partial charge is 0.350 e. The number of hydrogen-bond donors (Lipinski definition) is 4. The van der Waals surface area contributed by atoms with Gasteiger partial charge in [-0.2, -0.15) is 15.0 Å². The van der Waals surface area contributed by atoms with Gasteiger partial charge in [0.25, 0.3) is 5.95 Å². The number of carbonyl (C=O) groups is 2. The normalized spacial score (nSPS) is 14.9. The second-order valence-corrected chi connectivity index (χ2v) is 4.64. The van der Waals surface area contributed by atoms with Crippen LogP contribution in [-0.2, 0) is 9.47 Å². The molecule has 1 aliphatic heterocycles. The molecule has 2 aromatic rings. The molecule has 3 heterocycles. The van der Waals surface area contributed by atoms with E-state index in [1.54, 1.807) is 0 Å². The zero-order valence-electron chi connectivity index (χ0n) is 12.2. The van der Waals surface area contributed by atoms with Crippen molar-refractivity contribution >= 4 is 35.0 Å². The summed E-state index contributed by atoms with van der Waals surface area (Å²) < 4.78 is 12.2. The van der Waals surface area contributed by atoms with Crippen LogP contribution in [0.25, 0.3) is 11.2 Å². The van der Waals surface area contributed by atoms with Gasteiger partial charge in [0, 0.05) is 0 Å². The quantitative estimate of drug-likeness (QED) is 0.273. The van der Waals surface area contributed by atoms with E-state index in [2.05, 4.69) is 15.0 Å². The van der Waals surface area contributed by atoms with Gasteiger partial charge in [0.1, 0.15) is 6.33 Å². The van der Waals surface area contributed by atoms with E-state index in [9.17, 15) is 9.59 Å². The molecule has 8 N–H and O–H groups in total. The van der Waals surface area contributed by atoms with Crippen molar-refractivity contribution in [3.8, 4) is 0 Å². The van der Waals surface area contributed by atoms with E-state index in [0.29, 0.717) is 23.2 Å². The molecule has 3 rings (SSSR count). The van der Waals surface area contributed by atoms with Crippen LogP contribution < -0.4 is 33.2 Å². The van der Waals surface area contributed by atoms with Gasteiger partial charge in [-0.3, -0.25) is 4.57 Å². The summed E-state index contributed by atoms with van der Waals surface area (Å²) in [7, 11) is 0. The van der Waals surface area contributed by atoms with Gasteiger partial charge in [0.15, 0.2) is 17.0 Å². The van der Waals surface area contributed by atoms with Crippen LogP contribution in [0.3, 0.4) is 0 Å². The lowest BCUT2D eigenvalue weighted by Gasteiger charge is -2.17. The molecule has 1 fully saturated rings. The van der Waals surface area contributed by atoms with E-state index in [-0.39, 0.29) is 22.9 Å². The molecule has 1 aliphatic rings. The maximum Gasteiger partial charge on any atom is 0.336 e. The highest BCUT2D eigenvalue weighted by molar-refractivity contribution is 5.97. The summed E-state index contributed by atoms with van der Waals surface area (Å²) in [4.78, 5) is 34.7. The second kappa shape index (κ2) is 5.85. The Kier molecular flexibility index (Phi) is 3.86. The van der Waals surface area contributed by atoms with Gasteiger partial charge < -0.3 is 20.9 Å². The number of imidazole rings is 1. The van der Waals surface area contributed by atoms with Gasteiger partial charge in [0.05, 0.1) is 13.2 Å². The number of aromatic nitrogens is 4. The van der Waals surface area contributed by atoms with Crippen molar-refractivity contribution in [3.05, 3.63) is 6.33 Å². The first-order valence-corrected chi connectivity index (χ1v) is 6.56. The lowest BCUT2D eigenvalue weighted by atomic mass is 10.4. The van der Waals surface area contributed by atoms with Crippen LogP contribution in [-0.4, -0.2) is 44.8 Å². The van der Waals surface area contributed by atoms with Crippen LogP contribution >= 0.6 is 0 Å². The second-order valence-electron chi connectivity index (χ2n) is 4.64. The van der Waals surface area contributed by atoms with Crippen LogP contribution in [0.1, 0.15) is 6.41 Å². The number of nitrogens with zero attached hydrogens (tertiary/aromatic N) is 6. The summed E-state index contributed by atoms with van der Waals surface area (Å²) in [5, 5.41) is 1.02. The minimum Gasteiger partial charge on any atom is -0.350 e. The molecule has 2 aromatic heterocycles. The molecule has 0 bridgehead atoms. The maximum absolute atomic E-state index is 11.4. The topological polar surface area (TPSA) is 207 Å². The van der Waals surface area contributed by atoms with Gasteiger partial charge in [-0.15, -0.1) is 0 Å². The molecule has 0 atom stereocenters. The van der Waals surface area contributed by atoms with E-state index in [1.807, 2.05) is 0 Å². The van der Waals surface area contributed by atoms with E-state index in [0.717, 1.165) is 0 Å². The first-order valence-electron chi connectivity index (χ1n) is 6.56. The van der Waals surface area contributed by atoms with Gasteiger partial charge in [-0.05, 0) is 0 Å². The number of rotatable bonds is 3. The third-order valence-electron chi connectivity index (χ3n) is 3.14. The van der Waals surface area contributed by atoms with Gasteiger partial charge >= 0.3 is 12.1 Å². The van der Waals surface area contributed by atoms with Crippen molar-refractivity contribution in [2.75, 3.05) is 23.2 Å². The lowest BCUT2D eigenvalue weighted by Crippen LogP contribution is -2.45. The first-order chi connectivity index (χ1) is 11.4. The SMILES string of the molecule is NC(=O)N(N)c1nc(N(N)C(N)=O)c2ncn(C3OCCO3)c2n1. The lowest BCUT2D eigenvalue weighted by molar-refractivity contribution is -0.0984. The van der Waals surface area contributed by atoms with Crippen LogP contribution in [0.2, 0.25) is 0 Å². The van der Waals surface area contributed by atoms with Gasteiger partial charge in [-0.1, -0.05) is 0 Å². The molecule has 0 spiro atoms. The zero-order chi connectivity index (χ0) is 17.4. The Balaban J connectivity index is 2.20. The number of anilines is 2. The molecule has 4 amide bonds. The Bertz CT molecular complexity index is 800. The molecule has 0 unspecified atom stereocenters. The summed E-state index contributed by atoms with van der Waals surface area (Å²) in [6, 6.07) is -2.03. The van der Waals surface area contributed by atoms with Crippen molar-refractivity contribution in [3.63, 3.8) is 0 Å². The number of amides is 4. The Morgan fingerprint density at radius 3 is 2.33 bits per heavy atom. The summed E-state index contributed by atoms with van der Waals surface area (Å²) in [6.07, 6.45) is 0.563. The van der Waals surface area contributed by atoms with Gasteiger partial charge in [-0.25, -0.2) is 31.3 Å². The Labute approximate surface area is 133 Å². The molecule has 128 valence electrons. The van der Waals surface area contributed by atoms with Crippen molar-refractivity contribution in [1.29, 1.82) is 0 Å². The molecule has 0 radical (unpaired) electrons. The number of nitrogens with two attached hydrogens (primary N) is 4. The minimum absolute atomic E-state index is 0.122. The van der Waals surface area contributed by atoms with Gasteiger partial charge in [0.2, 0.25) is 6.41 Å². The van der Waals surface area contributed by atoms with E-state index < -0.39 is 18.5 Å². The molecule has 1 saturated heterocycles. The minimum atomic E-state index is -1.03. The van der Waals surface area contributed by atoms with Crippen molar-refractivity contribution in [2.24, 2.45) is 23.2 Å². The molecule has 24 heavy (non-hydrogen) atoms. The number of urea groups is 2. The van der Waals surface area contributed by atoms with E-state index in [4.69, 9.17) is 32.6 Å².